The number of likely N-dealkylation sites (tertiary alicyclic amines) is 1. The number of aryl methyl sites for hydroxylation is 1. The van der Waals surface area contributed by atoms with E-state index in [1.807, 2.05) is 55.1 Å². The number of likely N-dealkylation sites (N-methyl/N-ethyl adjacent to an activating group) is 1. The summed E-state index contributed by atoms with van der Waals surface area (Å²) >= 11 is 6.42. The molecule has 1 aromatic carbocycles. The molecule has 1 amide bonds. The van der Waals surface area contributed by atoms with Crippen LogP contribution < -0.4 is 10.1 Å². The number of ketones is 1. The van der Waals surface area contributed by atoms with Crippen LogP contribution in [0.25, 0.3) is 11.3 Å². The predicted octanol–water partition coefficient (Wildman–Crippen LogP) is 5.85. The number of methoxy groups -OCH3 is 1. The lowest BCUT2D eigenvalue weighted by molar-refractivity contribution is -0.128. The minimum Gasteiger partial charge on any atom is -0.493 e. The second-order valence-electron chi connectivity index (χ2n) is 11.2. The summed E-state index contributed by atoms with van der Waals surface area (Å²) in [5.74, 6) is 7.31. The van der Waals surface area contributed by atoms with Gasteiger partial charge < -0.3 is 24.8 Å². The van der Waals surface area contributed by atoms with Crippen LogP contribution in [0, 0.1) is 11.8 Å². The van der Waals surface area contributed by atoms with E-state index < -0.39 is 5.54 Å². The van der Waals surface area contributed by atoms with Crippen molar-refractivity contribution in [2.75, 3.05) is 39.6 Å². The summed E-state index contributed by atoms with van der Waals surface area (Å²) in [7, 11) is 5.50. The Balaban J connectivity index is 1.55. The summed E-state index contributed by atoms with van der Waals surface area (Å²) in [4.78, 5) is 38.0. The molecular weight excluding hydrogens is 550 g/mol. The molecule has 0 saturated carbocycles. The maximum atomic E-state index is 13.2. The van der Waals surface area contributed by atoms with Crippen molar-refractivity contribution in [3.05, 3.63) is 70.7 Å². The molecule has 9 heteroatoms. The number of anilines is 2. The van der Waals surface area contributed by atoms with Crippen molar-refractivity contribution in [2.45, 2.75) is 44.6 Å². The van der Waals surface area contributed by atoms with Crippen molar-refractivity contribution in [3.8, 4) is 28.8 Å². The molecule has 3 heterocycles. The molecular formula is C33H36ClN5O3. The normalized spacial score (nSPS) is 18.2. The smallest absolute Gasteiger partial charge is 0.247 e. The standard InChI is InChI=1S/C33H36ClN5O3/c1-33(16-8-20-39(33)28(41)13-7-19-38(2)3)17-14-22-21-35-18-15-23(22)30-31(29-25(36-30)10-6-12-27(29)40)37-26-11-5-9-24(34)32(26)42-4/h5,7,9,11,13,15,18,21,36-37H,6,8,10,12,16,19-20H2,1-4H3/b13-7+/t33-/m0/s1. The van der Waals surface area contributed by atoms with E-state index in [9.17, 15) is 9.59 Å². The van der Waals surface area contributed by atoms with Crippen LogP contribution in [0.5, 0.6) is 5.75 Å². The first-order valence-corrected chi connectivity index (χ1v) is 14.6. The number of Topliss-reactive ketones (excluding diaryl/α,β-unsaturated/α-hetero) is 1. The summed E-state index contributed by atoms with van der Waals surface area (Å²) in [6.07, 6.45) is 10.7. The zero-order chi connectivity index (χ0) is 29.9. The van der Waals surface area contributed by atoms with E-state index in [1.165, 1.54) is 0 Å². The fourth-order valence-corrected chi connectivity index (χ4v) is 5.94. The number of ether oxygens (including phenoxy) is 1. The number of H-pyrrole nitrogens is 1. The molecule has 1 fully saturated rings. The number of halogens is 1. The van der Waals surface area contributed by atoms with Crippen molar-refractivity contribution in [1.29, 1.82) is 0 Å². The molecule has 8 nitrogen and oxygen atoms in total. The van der Waals surface area contributed by atoms with E-state index in [0.717, 1.165) is 42.6 Å². The van der Waals surface area contributed by atoms with Crippen LogP contribution in [-0.4, -0.2) is 71.3 Å². The summed E-state index contributed by atoms with van der Waals surface area (Å²) in [6.45, 7) is 3.38. The molecule has 5 rings (SSSR count). The van der Waals surface area contributed by atoms with Gasteiger partial charge in [0.25, 0.3) is 0 Å². The van der Waals surface area contributed by atoms with Crippen molar-refractivity contribution >= 4 is 34.7 Å². The van der Waals surface area contributed by atoms with Gasteiger partial charge in [0.15, 0.2) is 11.5 Å². The Bertz CT molecular complexity index is 1600. The lowest BCUT2D eigenvalue weighted by Gasteiger charge is -2.29. The number of hydrogen-bond acceptors (Lipinski definition) is 6. The van der Waals surface area contributed by atoms with Crippen LogP contribution in [0.3, 0.4) is 0 Å². The quantitative estimate of drug-likeness (QED) is 0.267. The zero-order valence-corrected chi connectivity index (χ0v) is 25.3. The zero-order valence-electron chi connectivity index (χ0n) is 24.5. The third-order valence-electron chi connectivity index (χ3n) is 7.81. The van der Waals surface area contributed by atoms with Gasteiger partial charge in [-0.3, -0.25) is 14.6 Å². The molecule has 218 valence electrons. The number of nitrogens with zero attached hydrogens (tertiary/aromatic N) is 3. The summed E-state index contributed by atoms with van der Waals surface area (Å²) in [5.41, 5.74) is 4.53. The molecule has 0 radical (unpaired) electrons. The number of benzene rings is 1. The van der Waals surface area contributed by atoms with E-state index in [-0.39, 0.29) is 11.7 Å². The molecule has 3 aromatic rings. The molecule has 0 unspecified atom stereocenters. The van der Waals surface area contributed by atoms with Crippen LogP contribution in [0.15, 0.2) is 48.8 Å². The molecule has 1 aliphatic heterocycles. The average molecular weight is 586 g/mol. The summed E-state index contributed by atoms with van der Waals surface area (Å²) in [6, 6.07) is 7.36. The summed E-state index contributed by atoms with van der Waals surface area (Å²) < 4.78 is 5.58. The number of carbonyl (C=O) groups is 2. The molecule has 1 atom stereocenters. The minimum absolute atomic E-state index is 0.0323. The highest BCUT2D eigenvalue weighted by atomic mass is 35.5. The first kappa shape index (κ1) is 29.4. The molecule has 0 spiro atoms. The number of carbonyl (C=O) groups excluding carboxylic acids is 2. The van der Waals surface area contributed by atoms with E-state index in [4.69, 9.17) is 16.3 Å². The topological polar surface area (TPSA) is 90.6 Å². The molecule has 2 aliphatic rings. The van der Waals surface area contributed by atoms with Crippen LogP contribution in [-0.2, 0) is 11.2 Å². The lowest BCUT2D eigenvalue weighted by atomic mass is 9.94. The van der Waals surface area contributed by atoms with Crippen LogP contribution in [0.2, 0.25) is 5.02 Å². The number of hydrogen-bond donors (Lipinski definition) is 2. The SMILES string of the molecule is COc1c(Cl)cccc1Nc1c(-c2ccncc2C#C[C@]2(C)CCCN2C(=O)/C=C/CN(C)C)[nH]c2c1C(=O)CCC2. The van der Waals surface area contributed by atoms with Crippen molar-refractivity contribution in [3.63, 3.8) is 0 Å². The average Bonchev–Trinajstić information content (AvgIpc) is 3.53. The fourth-order valence-electron chi connectivity index (χ4n) is 5.69. The van der Waals surface area contributed by atoms with Crippen LogP contribution in [0.1, 0.15) is 54.2 Å². The number of fused-ring (bicyclic) bond motifs is 1. The van der Waals surface area contributed by atoms with Gasteiger partial charge in [-0.1, -0.05) is 35.6 Å². The second-order valence-corrected chi connectivity index (χ2v) is 11.6. The number of para-hydroxylation sites is 1. The Labute approximate surface area is 252 Å². The highest BCUT2D eigenvalue weighted by Crippen LogP contribution is 2.42. The van der Waals surface area contributed by atoms with Gasteiger partial charge in [0.05, 0.1) is 40.3 Å². The van der Waals surface area contributed by atoms with Crippen LogP contribution in [0.4, 0.5) is 11.4 Å². The third-order valence-corrected chi connectivity index (χ3v) is 8.11. The largest absolute Gasteiger partial charge is 0.493 e. The van der Waals surface area contributed by atoms with Crippen molar-refractivity contribution in [2.24, 2.45) is 0 Å². The molecule has 2 aromatic heterocycles. The van der Waals surface area contributed by atoms with Gasteiger partial charge in [-0.15, -0.1) is 0 Å². The Morgan fingerprint density at radius 3 is 2.90 bits per heavy atom. The van der Waals surface area contributed by atoms with Gasteiger partial charge in [0.2, 0.25) is 5.91 Å². The number of nitrogens with one attached hydrogen (secondary N) is 2. The highest BCUT2D eigenvalue weighted by Gasteiger charge is 2.37. The lowest BCUT2D eigenvalue weighted by Crippen LogP contribution is -2.43. The second kappa shape index (κ2) is 12.4. The number of aromatic amines is 1. The van der Waals surface area contributed by atoms with E-state index in [0.29, 0.717) is 52.8 Å². The van der Waals surface area contributed by atoms with E-state index in [2.05, 4.69) is 27.1 Å². The van der Waals surface area contributed by atoms with Crippen LogP contribution >= 0.6 is 11.6 Å². The summed E-state index contributed by atoms with van der Waals surface area (Å²) in [5, 5.41) is 3.93. The predicted molar refractivity (Wildman–Crippen MR) is 167 cm³/mol. The molecule has 1 saturated heterocycles. The third kappa shape index (κ3) is 5.94. The molecule has 2 N–H and O–H groups in total. The maximum absolute atomic E-state index is 13.2. The molecule has 42 heavy (non-hydrogen) atoms. The van der Waals surface area contributed by atoms with Gasteiger partial charge in [-0.05, 0) is 64.9 Å². The fraction of sp³-hybridized carbons (Fsp3) is 0.364. The number of aromatic nitrogens is 2. The maximum Gasteiger partial charge on any atom is 0.247 e. The highest BCUT2D eigenvalue weighted by molar-refractivity contribution is 6.32. The van der Waals surface area contributed by atoms with E-state index >= 15 is 0 Å². The van der Waals surface area contributed by atoms with Gasteiger partial charge in [0.1, 0.15) is 5.54 Å². The Hall–Kier alpha value is -4.06. The molecule has 0 bridgehead atoms. The molecule has 1 aliphatic carbocycles. The first-order chi connectivity index (χ1) is 20.2. The number of amides is 1. The van der Waals surface area contributed by atoms with Crippen molar-refractivity contribution < 1.29 is 14.3 Å². The Morgan fingerprint density at radius 2 is 2.12 bits per heavy atom. The van der Waals surface area contributed by atoms with Gasteiger partial charge >= 0.3 is 0 Å². The van der Waals surface area contributed by atoms with Crippen molar-refractivity contribution in [1.82, 2.24) is 19.8 Å². The monoisotopic (exact) mass is 585 g/mol. The van der Waals surface area contributed by atoms with Gasteiger partial charge in [0, 0.05) is 49.2 Å². The Morgan fingerprint density at radius 1 is 1.29 bits per heavy atom. The first-order valence-electron chi connectivity index (χ1n) is 14.2. The van der Waals surface area contributed by atoms with Gasteiger partial charge in [-0.25, -0.2) is 0 Å². The minimum atomic E-state index is -0.604. The Kier molecular flexibility index (Phi) is 8.72. The van der Waals surface area contributed by atoms with E-state index in [1.54, 1.807) is 31.6 Å². The number of pyridine rings is 1. The number of rotatable bonds is 7. The van der Waals surface area contributed by atoms with Gasteiger partial charge in [-0.2, -0.15) is 0 Å².